The van der Waals surface area contributed by atoms with Crippen LogP contribution < -0.4 is 0 Å². The molecule has 2 nitrogen and oxygen atoms in total. The number of rotatable bonds is 7. The molecule has 1 heterocycles. The molecule has 0 amide bonds. The highest BCUT2D eigenvalue weighted by molar-refractivity contribution is 5.62. The van der Waals surface area contributed by atoms with Crippen molar-refractivity contribution in [1.82, 2.24) is 4.90 Å². The van der Waals surface area contributed by atoms with Gasteiger partial charge in [0, 0.05) is 37.3 Å². The summed E-state index contributed by atoms with van der Waals surface area (Å²) < 4.78 is 37.6. The van der Waals surface area contributed by atoms with Crippen molar-refractivity contribution in [2.75, 3.05) is 19.6 Å². The minimum Gasteiger partial charge on any atom is -0.302 e. The molecule has 2 atom stereocenters. The van der Waals surface area contributed by atoms with Gasteiger partial charge in [0.1, 0.15) is 0 Å². The first-order chi connectivity index (χ1) is 10.3. The highest BCUT2D eigenvalue weighted by Crippen LogP contribution is 2.30. The Balaban J connectivity index is 2.52. The number of hydrogen-bond acceptors (Lipinski definition) is 2. The van der Waals surface area contributed by atoms with Gasteiger partial charge in [-0.2, -0.15) is 13.2 Å². The van der Waals surface area contributed by atoms with E-state index in [4.69, 9.17) is 0 Å². The Kier molecular flexibility index (Phi) is 7.87. The van der Waals surface area contributed by atoms with Crippen LogP contribution in [0.4, 0.5) is 13.2 Å². The summed E-state index contributed by atoms with van der Waals surface area (Å²) in [6.07, 6.45) is 3.21. The van der Waals surface area contributed by atoms with Crippen LogP contribution in [0.1, 0.15) is 39.5 Å². The molecule has 0 saturated carbocycles. The van der Waals surface area contributed by atoms with Crippen molar-refractivity contribution in [3.05, 3.63) is 24.4 Å². The van der Waals surface area contributed by atoms with E-state index in [1.165, 1.54) is 0 Å². The smallest absolute Gasteiger partial charge is 0.302 e. The summed E-state index contributed by atoms with van der Waals surface area (Å²) in [6.45, 7) is 9.84. The molecule has 0 aromatic carbocycles. The Morgan fingerprint density at radius 3 is 2.77 bits per heavy atom. The number of likely N-dealkylation sites (tertiary alicyclic amines) is 1. The van der Waals surface area contributed by atoms with E-state index in [0.717, 1.165) is 31.6 Å². The van der Waals surface area contributed by atoms with Gasteiger partial charge in [-0.25, -0.2) is 0 Å². The molecule has 1 rings (SSSR count). The Morgan fingerprint density at radius 2 is 2.18 bits per heavy atom. The first kappa shape index (κ1) is 18.9. The normalized spacial score (nSPS) is 23.0. The summed E-state index contributed by atoms with van der Waals surface area (Å²) in [6, 6.07) is 0. The molecule has 1 fully saturated rings. The summed E-state index contributed by atoms with van der Waals surface area (Å²) in [5.74, 6) is 0.0170. The van der Waals surface area contributed by atoms with Crippen LogP contribution in [0.5, 0.6) is 0 Å². The van der Waals surface area contributed by atoms with E-state index in [9.17, 15) is 13.2 Å². The van der Waals surface area contributed by atoms with Crippen LogP contribution in [0.25, 0.3) is 0 Å². The first-order valence-electron chi connectivity index (χ1n) is 7.96. The number of alkyl halides is 3. The minimum atomic E-state index is -4.05. The van der Waals surface area contributed by atoms with Crippen molar-refractivity contribution in [3.63, 3.8) is 0 Å². The largest absolute Gasteiger partial charge is 0.389 e. The molecular formula is C17H27F3N2. The van der Waals surface area contributed by atoms with Gasteiger partial charge in [0.05, 0.1) is 0 Å². The van der Waals surface area contributed by atoms with E-state index in [1.807, 2.05) is 19.2 Å². The molecule has 22 heavy (non-hydrogen) atoms. The maximum Gasteiger partial charge on any atom is 0.389 e. The number of halogens is 3. The third kappa shape index (κ3) is 7.78. The number of piperidine rings is 1. The fourth-order valence-corrected chi connectivity index (χ4v) is 2.86. The molecule has 0 aromatic rings. The lowest BCUT2D eigenvalue weighted by atomic mass is 9.93. The molecule has 0 aliphatic carbocycles. The average Bonchev–Trinajstić information content (AvgIpc) is 2.42. The van der Waals surface area contributed by atoms with Gasteiger partial charge < -0.3 is 4.90 Å². The fourth-order valence-electron chi connectivity index (χ4n) is 2.86. The van der Waals surface area contributed by atoms with Crippen molar-refractivity contribution >= 4 is 6.21 Å². The van der Waals surface area contributed by atoms with Gasteiger partial charge in [-0.3, -0.25) is 4.99 Å². The Hall–Kier alpha value is -1.10. The topological polar surface area (TPSA) is 15.6 Å². The maximum atomic E-state index is 12.5. The third-order valence-electron chi connectivity index (χ3n) is 3.99. The van der Waals surface area contributed by atoms with Crippen LogP contribution in [0.2, 0.25) is 0 Å². The molecule has 0 bridgehead atoms. The van der Waals surface area contributed by atoms with Crippen LogP contribution in [0, 0.1) is 11.8 Å². The molecule has 1 aliphatic rings. The van der Waals surface area contributed by atoms with Gasteiger partial charge in [-0.1, -0.05) is 19.6 Å². The first-order valence-corrected chi connectivity index (χ1v) is 7.96. The molecular weight excluding hydrogens is 289 g/mol. The second-order valence-electron chi connectivity index (χ2n) is 6.08. The molecule has 126 valence electrons. The van der Waals surface area contributed by atoms with E-state index < -0.39 is 12.6 Å². The van der Waals surface area contributed by atoms with Gasteiger partial charge in [0.25, 0.3) is 0 Å². The quantitative estimate of drug-likeness (QED) is 0.485. The average molecular weight is 316 g/mol. The van der Waals surface area contributed by atoms with E-state index in [0.29, 0.717) is 13.0 Å². The Labute approximate surface area is 131 Å². The lowest BCUT2D eigenvalue weighted by Crippen LogP contribution is -2.40. The molecule has 0 N–H and O–H groups in total. The summed E-state index contributed by atoms with van der Waals surface area (Å²) in [5, 5.41) is 0. The Bertz CT molecular complexity index is 399. The molecule has 1 aliphatic heterocycles. The van der Waals surface area contributed by atoms with Crippen molar-refractivity contribution in [3.8, 4) is 0 Å². The molecule has 5 heteroatoms. The number of aliphatic imine (C=N–C) groups is 1. The SMILES string of the molecule is C=C/C=C(/C)N=CC(CC)CN1CCCC(CC(F)(F)F)C1. The zero-order valence-corrected chi connectivity index (χ0v) is 13.6. The van der Waals surface area contributed by atoms with Gasteiger partial charge in [0.15, 0.2) is 0 Å². The predicted molar refractivity (Wildman–Crippen MR) is 86.1 cm³/mol. The number of hydrogen-bond donors (Lipinski definition) is 0. The fraction of sp³-hybridized carbons (Fsp3) is 0.706. The second-order valence-corrected chi connectivity index (χ2v) is 6.08. The van der Waals surface area contributed by atoms with Gasteiger partial charge >= 0.3 is 6.18 Å². The van der Waals surface area contributed by atoms with E-state index in [-0.39, 0.29) is 11.8 Å². The van der Waals surface area contributed by atoms with Crippen molar-refractivity contribution < 1.29 is 13.2 Å². The molecule has 0 spiro atoms. The molecule has 2 unspecified atom stereocenters. The van der Waals surface area contributed by atoms with Crippen molar-refractivity contribution in [2.24, 2.45) is 16.8 Å². The number of nitrogens with zero attached hydrogens (tertiary/aromatic N) is 2. The van der Waals surface area contributed by atoms with Crippen LogP contribution in [0.3, 0.4) is 0 Å². The standard InChI is InChI=1S/C17H27F3N2/c1-4-7-14(3)21-11-15(5-2)12-22-9-6-8-16(13-22)10-17(18,19)20/h4,7,11,15-16H,1,5-6,8-10,12-13H2,2-3H3/b14-7-,21-11?. The van der Waals surface area contributed by atoms with Gasteiger partial charge in [0.2, 0.25) is 0 Å². The van der Waals surface area contributed by atoms with Crippen LogP contribution in [0.15, 0.2) is 29.4 Å². The maximum absolute atomic E-state index is 12.5. The second kappa shape index (κ2) is 9.13. The van der Waals surface area contributed by atoms with Crippen molar-refractivity contribution in [2.45, 2.75) is 45.7 Å². The lowest BCUT2D eigenvalue weighted by molar-refractivity contribution is -0.148. The summed E-state index contributed by atoms with van der Waals surface area (Å²) in [5.41, 5.74) is 0.891. The van der Waals surface area contributed by atoms with Crippen LogP contribution in [-0.2, 0) is 0 Å². The zero-order chi connectivity index (χ0) is 16.6. The summed E-state index contributed by atoms with van der Waals surface area (Å²) in [4.78, 5) is 6.55. The molecule has 0 radical (unpaired) electrons. The summed E-state index contributed by atoms with van der Waals surface area (Å²) in [7, 11) is 0. The van der Waals surface area contributed by atoms with Crippen molar-refractivity contribution in [1.29, 1.82) is 0 Å². The Morgan fingerprint density at radius 1 is 1.45 bits per heavy atom. The zero-order valence-electron chi connectivity index (χ0n) is 13.6. The summed E-state index contributed by atoms with van der Waals surface area (Å²) >= 11 is 0. The molecule has 1 saturated heterocycles. The molecule has 0 aromatic heterocycles. The van der Waals surface area contributed by atoms with Crippen LogP contribution >= 0.6 is 0 Å². The third-order valence-corrected chi connectivity index (χ3v) is 3.99. The highest BCUT2D eigenvalue weighted by Gasteiger charge is 2.34. The van der Waals surface area contributed by atoms with Gasteiger partial charge in [-0.05, 0) is 44.7 Å². The van der Waals surface area contributed by atoms with Gasteiger partial charge in [-0.15, -0.1) is 0 Å². The monoisotopic (exact) mass is 316 g/mol. The number of allylic oxidation sites excluding steroid dienone is 3. The lowest BCUT2D eigenvalue weighted by Gasteiger charge is -2.34. The van der Waals surface area contributed by atoms with E-state index >= 15 is 0 Å². The minimum absolute atomic E-state index is 0.259. The van der Waals surface area contributed by atoms with E-state index in [2.05, 4.69) is 23.4 Å². The van der Waals surface area contributed by atoms with Crippen LogP contribution in [-0.4, -0.2) is 36.9 Å². The predicted octanol–water partition coefficient (Wildman–Crippen LogP) is 4.84. The van der Waals surface area contributed by atoms with E-state index in [1.54, 1.807) is 6.08 Å². The highest BCUT2D eigenvalue weighted by atomic mass is 19.4.